The number of ether oxygens (including phenoxy) is 1. The summed E-state index contributed by atoms with van der Waals surface area (Å²) in [5.74, 6) is 4.23. The minimum absolute atomic E-state index is 0.104. The number of rotatable bonds is 3. The quantitative estimate of drug-likeness (QED) is 0.256. The van der Waals surface area contributed by atoms with Crippen LogP contribution in [0.5, 0.6) is 0 Å². The largest absolute Gasteiger partial charge is 0.447 e. The maximum Gasteiger partial charge on any atom is 0.341 e. The molecule has 1 aromatic rings. The van der Waals surface area contributed by atoms with Crippen molar-refractivity contribution in [2.24, 2.45) is 16.2 Å². The van der Waals surface area contributed by atoms with Gasteiger partial charge in [0.25, 0.3) is 0 Å². The molecule has 0 spiro atoms. The number of carbonyl (C=O) groups is 1. The predicted octanol–water partition coefficient (Wildman–Crippen LogP) is 1.90. The van der Waals surface area contributed by atoms with Gasteiger partial charge in [0.1, 0.15) is 11.8 Å². The van der Waals surface area contributed by atoms with Gasteiger partial charge in [-0.3, -0.25) is 0 Å². The van der Waals surface area contributed by atoms with Crippen LogP contribution in [0.25, 0.3) is 0 Å². The van der Waals surface area contributed by atoms with E-state index in [2.05, 4.69) is 40.3 Å². The molecule has 1 aromatic carbocycles. The Morgan fingerprint density at radius 1 is 1.53 bits per heavy atom. The van der Waals surface area contributed by atoms with Crippen molar-refractivity contribution in [3.63, 3.8) is 0 Å². The molecule has 0 heterocycles. The van der Waals surface area contributed by atoms with Crippen LogP contribution in [0.3, 0.4) is 0 Å². The third-order valence-electron chi connectivity index (χ3n) is 1.72. The van der Waals surface area contributed by atoms with Crippen LogP contribution in [0.4, 0.5) is 5.69 Å². The fraction of sp³-hybridized carbons (Fsp3) is 0.111. The molecule has 2 N–H and O–H groups in total. The van der Waals surface area contributed by atoms with Gasteiger partial charge >= 0.3 is 5.97 Å². The van der Waals surface area contributed by atoms with E-state index in [1.54, 1.807) is 12.1 Å². The number of thiol groups is 2. The molecule has 0 unspecified atom stereocenters. The molecule has 0 radical (unpaired) electrons. The lowest BCUT2D eigenvalue weighted by Gasteiger charge is -2.07. The maximum absolute atomic E-state index is 11.6. The number of esters is 1. The van der Waals surface area contributed by atoms with Gasteiger partial charge in [-0.1, -0.05) is 5.22 Å². The monoisotopic (exact) mass is 268 g/mol. The van der Waals surface area contributed by atoms with Gasteiger partial charge in [0, 0.05) is 9.79 Å². The van der Waals surface area contributed by atoms with Crippen LogP contribution in [-0.4, -0.2) is 12.6 Å². The third-order valence-corrected chi connectivity index (χ3v) is 2.32. The SMILES string of the molecule is N#CCOC(=O)c1cc(S)cc(S)c1N=NN. The van der Waals surface area contributed by atoms with Gasteiger partial charge in [-0.05, 0) is 12.1 Å². The Bertz CT molecular complexity index is 510. The molecule has 0 amide bonds. The number of hydrogen-bond donors (Lipinski definition) is 3. The summed E-state index contributed by atoms with van der Waals surface area (Å²) in [5, 5.41) is 15.0. The Labute approximate surface area is 108 Å². The summed E-state index contributed by atoms with van der Waals surface area (Å²) in [6, 6.07) is 4.71. The van der Waals surface area contributed by atoms with Gasteiger partial charge in [0.2, 0.25) is 0 Å². The van der Waals surface area contributed by atoms with Gasteiger partial charge < -0.3 is 10.6 Å². The van der Waals surface area contributed by atoms with Crippen molar-refractivity contribution in [1.82, 2.24) is 0 Å². The van der Waals surface area contributed by atoms with E-state index in [1.165, 1.54) is 6.07 Å². The summed E-state index contributed by atoms with van der Waals surface area (Å²) in [6.07, 6.45) is 0. The minimum Gasteiger partial charge on any atom is -0.447 e. The molecule has 0 fully saturated rings. The van der Waals surface area contributed by atoms with Crippen LogP contribution < -0.4 is 5.84 Å². The topological polar surface area (TPSA) is 101 Å². The molecule has 0 aliphatic carbocycles. The lowest BCUT2D eigenvalue weighted by molar-refractivity contribution is 0.0555. The van der Waals surface area contributed by atoms with Gasteiger partial charge in [0.15, 0.2) is 6.61 Å². The highest BCUT2D eigenvalue weighted by atomic mass is 32.1. The molecule has 6 nitrogen and oxygen atoms in total. The molecule has 88 valence electrons. The highest BCUT2D eigenvalue weighted by Crippen LogP contribution is 2.31. The van der Waals surface area contributed by atoms with Crippen molar-refractivity contribution in [3.8, 4) is 6.07 Å². The standard InChI is InChI=1S/C9H8N4O2S2/c10-1-2-15-9(14)6-3-5(16)4-7(17)8(6)12-13-11/h3-4,16-17H,2H2,(H2,11,12). The Hall–Kier alpha value is -1.72. The average Bonchev–Trinajstić information content (AvgIpc) is 2.29. The van der Waals surface area contributed by atoms with E-state index in [-0.39, 0.29) is 17.9 Å². The molecule has 0 aliphatic heterocycles. The van der Waals surface area contributed by atoms with E-state index in [4.69, 9.17) is 11.1 Å². The number of nitrogens with two attached hydrogens (primary N) is 1. The number of hydrogen-bond acceptors (Lipinski definition) is 7. The predicted molar refractivity (Wildman–Crippen MR) is 65.5 cm³/mol. The molecular weight excluding hydrogens is 260 g/mol. The lowest BCUT2D eigenvalue weighted by atomic mass is 10.2. The fourth-order valence-electron chi connectivity index (χ4n) is 1.10. The first kappa shape index (κ1) is 13.3. The second-order valence-corrected chi connectivity index (χ2v) is 3.81. The Morgan fingerprint density at radius 3 is 2.82 bits per heavy atom. The molecule has 0 aliphatic rings. The van der Waals surface area contributed by atoms with Gasteiger partial charge in [-0.2, -0.15) is 5.26 Å². The summed E-state index contributed by atoms with van der Waals surface area (Å²) in [7, 11) is 0. The second kappa shape index (κ2) is 6.12. The third kappa shape index (κ3) is 3.37. The van der Waals surface area contributed by atoms with Crippen LogP contribution in [-0.2, 0) is 4.74 Å². The molecule has 17 heavy (non-hydrogen) atoms. The van der Waals surface area contributed by atoms with Crippen LogP contribution in [0.2, 0.25) is 0 Å². The Kier molecular flexibility index (Phi) is 4.81. The lowest BCUT2D eigenvalue weighted by Crippen LogP contribution is -2.06. The normalized spacial score (nSPS) is 10.2. The molecule has 0 saturated heterocycles. The number of benzene rings is 1. The van der Waals surface area contributed by atoms with Gasteiger partial charge in [0.05, 0.1) is 5.56 Å². The van der Waals surface area contributed by atoms with Gasteiger partial charge in [-0.25, -0.2) is 4.79 Å². The first-order valence-electron chi connectivity index (χ1n) is 4.31. The van der Waals surface area contributed by atoms with Crippen molar-refractivity contribution in [1.29, 1.82) is 5.26 Å². The smallest absolute Gasteiger partial charge is 0.341 e. The van der Waals surface area contributed by atoms with E-state index in [1.807, 2.05) is 0 Å². The molecular formula is C9H8N4O2S2. The number of carbonyl (C=O) groups excluding carboxylic acids is 1. The zero-order valence-corrected chi connectivity index (χ0v) is 10.3. The molecule has 0 bridgehead atoms. The molecule has 1 rings (SSSR count). The van der Waals surface area contributed by atoms with E-state index in [0.29, 0.717) is 9.79 Å². The van der Waals surface area contributed by atoms with E-state index in [9.17, 15) is 4.79 Å². The average molecular weight is 268 g/mol. The maximum atomic E-state index is 11.6. The van der Waals surface area contributed by atoms with Crippen LogP contribution >= 0.6 is 25.3 Å². The summed E-state index contributed by atoms with van der Waals surface area (Å²) >= 11 is 8.23. The minimum atomic E-state index is -0.708. The Balaban J connectivity index is 3.21. The van der Waals surface area contributed by atoms with E-state index >= 15 is 0 Å². The van der Waals surface area contributed by atoms with Crippen molar-refractivity contribution >= 4 is 36.9 Å². The zero-order valence-electron chi connectivity index (χ0n) is 8.49. The summed E-state index contributed by atoms with van der Waals surface area (Å²) in [6.45, 7) is -0.350. The zero-order chi connectivity index (χ0) is 12.8. The van der Waals surface area contributed by atoms with Crippen molar-refractivity contribution in [2.45, 2.75) is 9.79 Å². The van der Waals surface area contributed by atoms with Crippen LogP contribution in [0.1, 0.15) is 10.4 Å². The second-order valence-electron chi connectivity index (χ2n) is 2.81. The summed E-state index contributed by atoms with van der Waals surface area (Å²) < 4.78 is 4.66. The van der Waals surface area contributed by atoms with Crippen molar-refractivity contribution in [3.05, 3.63) is 17.7 Å². The van der Waals surface area contributed by atoms with Crippen molar-refractivity contribution < 1.29 is 9.53 Å². The summed E-state index contributed by atoms with van der Waals surface area (Å²) in [5.41, 5.74) is 0.281. The van der Waals surface area contributed by atoms with Gasteiger partial charge in [-0.15, -0.1) is 30.4 Å². The first-order chi connectivity index (χ1) is 8.10. The van der Waals surface area contributed by atoms with Crippen LogP contribution in [0, 0.1) is 11.3 Å². The van der Waals surface area contributed by atoms with Crippen molar-refractivity contribution in [2.75, 3.05) is 6.61 Å². The Morgan fingerprint density at radius 2 is 2.24 bits per heavy atom. The van der Waals surface area contributed by atoms with Crippen LogP contribution in [0.15, 0.2) is 32.3 Å². The highest BCUT2D eigenvalue weighted by molar-refractivity contribution is 7.81. The summed E-state index contributed by atoms with van der Waals surface area (Å²) in [4.78, 5) is 12.5. The number of nitrogens with zero attached hydrogens (tertiary/aromatic N) is 3. The molecule has 0 saturated carbocycles. The molecule has 8 heteroatoms. The molecule has 0 aromatic heterocycles. The van der Waals surface area contributed by atoms with E-state index in [0.717, 1.165) is 0 Å². The highest BCUT2D eigenvalue weighted by Gasteiger charge is 2.16. The first-order valence-corrected chi connectivity index (χ1v) is 5.20. The fourth-order valence-corrected chi connectivity index (χ4v) is 1.76. The number of nitriles is 1. The van der Waals surface area contributed by atoms with E-state index < -0.39 is 5.97 Å². The molecule has 0 atom stereocenters.